The molecule has 0 aliphatic rings. The Labute approximate surface area is 125 Å². The van der Waals surface area contributed by atoms with E-state index in [-0.39, 0.29) is 16.7 Å². The van der Waals surface area contributed by atoms with Gasteiger partial charge in [-0.2, -0.15) is 18.3 Å². The van der Waals surface area contributed by atoms with E-state index in [0.29, 0.717) is 6.54 Å². The fourth-order valence-electron chi connectivity index (χ4n) is 1.88. The zero-order valence-corrected chi connectivity index (χ0v) is 12.3. The maximum atomic E-state index is 12.2. The van der Waals surface area contributed by atoms with Gasteiger partial charge in [-0.1, -0.05) is 12.1 Å². The lowest BCUT2D eigenvalue weighted by molar-refractivity contribution is -0.0328. The monoisotopic (exact) mass is 315 g/mol. The number of nitrogens with one attached hydrogen (secondary N) is 1. The number of benzene rings is 1. The number of halogens is 3. The summed E-state index contributed by atoms with van der Waals surface area (Å²) in [4.78, 5) is 0.210. The van der Waals surface area contributed by atoms with Gasteiger partial charge in [0.2, 0.25) is 0 Å². The molecule has 3 nitrogen and oxygen atoms in total. The first-order valence-electron chi connectivity index (χ1n) is 6.45. The van der Waals surface area contributed by atoms with Crippen LogP contribution in [0, 0.1) is 0 Å². The van der Waals surface area contributed by atoms with Crippen molar-refractivity contribution in [3.8, 4) is 0 Å². The Balaban J connectivity index is 1.73. The van der Waals surface area contributed by atoms with E-state index >= 15 is 0 Å². The van der Waals surface area contributed by atoms with Gasteiger partial charge in [0, 0.05) is 24.7 Å². The van der Waals surface area contributed by atoms with E-state index in [9.17, 15) is 13.2 Å². The molecule has 2 rings (SSSR count). The summed E-state index contributed by atoms with van der Waals surface area (Å²) in [6, 6.07) is 6.42. The van der Waals surface area contributed by atoms with Gasteiger partial charge in [0.1, 0.15) is 0 Å². The van der Waals surface area contributed by atoms with Gasteiger partial charge in [-0.15, -0.1) is 0 Å². The van der Waals surface area contributed by atoms with Gasteiger partial charge in [-0.05, 0) is 48.0 Å². The summed E-state index contributed by atoms with van der Waals surface area (Å²) in [6.07, 6.45) is 4.66. The SMILES string of the molecule is Cn1cc(CCNCc2ccc(SC(F)(F)F)cc2)cn1. The van der Waals surface area contributed by atoms with Crippen LogP contribution in [0.1, 0.15) is 11.1 Å². The second-order valence-electron chi connectivity index (χ2n) is 4.64. The fraction of sp³-hybridized carbons (Fsp3) is 0.357. The summed E-state index contributed by atoms with van der Waals surface area (Å²) in [5.74, 6) is 0. The summed E-state index contributed by atoms with van der Waals surface area (Å²) in [6.45, 7) is 1.43. The molecule has 1 heterocycles. The molecule has 1 aromatic heterocycles. The van der Waals surface area contributed by atoms with E-state index in [1.807, 2.05) is 19.4 Å². The molecule has 0 fully saturated rings. The molecule has 2 aromatic rings. The quantitative estimate of drug-likeness (QED) is 0.655. The third kappa shape index (κ3) is 5.81. The first-order valence-corrected chi connectivity index (χ1v) is 7.27. The van der Waals surface area contributed by atoms with Crippen LogP contribution in [0.15, 0.2) is 41.6 Å². The maximum absolute atomic E-state index is 12.2. The Hall–Kier alpha value is -1.47. The highest BCUT2D eigenvalue weighted by Gasteiger charge is 2.28. The van der Waals surface area contributed by atoms with Crippen LogP contribution >= 0.6 is 11.8 Å². The lowest BCUT2D eigenvalue weighted by atomic mass is 10.2. The van der Waals surface area contributed by atoms with Gasteiger partial charge < -0.3 is 5.32 Å². The molecule has 0 spiro atoms. The molecule has 114 valence electrons. The lowest BCUT2D eigenvalue weighted by Crippen LogP contribution is -2.16. The van der Waals surface area contributed by atoms with Gasteiger partial charge in [0.15, 0.2) is 0 Å². The van der Waals surface area contributed by atoms with Crippen LogP contribution in [-0.4, -0.2) is 21.8 Å². The molecule has 7 heteroatoms. The topological polar surface area (TPSA) is 29.9 Å². The summed E-state index contributed by atoms with van der Waals surface area (Å²) >= 11 is -0.0923. The largest absolute Gasteiger partial charge is 0.446 e. The number of rotatable bonds is 6. The minimum absolute atomic E-state index is 0.0923. The number of nitrogens with zero attached hydrogens (tertiary/aromatic N) is 2. The summed E-state index contributed by atoms with van der Waals surface area (Å²) in [7, 11) is 1.87. The number of aromatic nitrogens is 2. The van der Waals surface area contributed by atoms with Crippen LogP contribution in [0.3, 0.4) is 0 Å². The molecular formula is C14H16F3N3S. The van der Waals surface area contributed by atoms with Gasteiger partial charge >= 0.3 is 5.51 Å². The van der Waals surface area contributed by atoms with Crippen molar-refractivity contribution in [2.45, 2.75) is 23.4 Å². The van der Waals surface area contributed by atoms with Crippen LogP contribution in [0.2, 0.25) is 0 Å². The Bertz CT molecular complexity index is 564. The van der Waals surface area contributed by atoms with E-state index in [2.05, 4.69) is 10.4 Å². The van der Waals surface area contributed by atoms with Gasteiger partial charge in [0.25, 0.3) is 0 Å². The Morgan fingerprint density at radius 3 is 2.48 bits per heavy atom. The van der Waals surface area contributed by atoms with Gasteiger partial charge in [0.05, 0.1) is 6.20 Å². The number of hydrogen-bond donors (Lipinski definition) is 1. The van der Waals surface area contributed by atoms with Crippen molar-refractivity contribution < 1.29 is 13.2 Å². The van der Waals surface area contributed by atoms with Crippen molar-refractivity contribution in [2.75, 3.05) is 6.54 Å². The lowest BCUT2D eigenvalue weighted by Gasteiger charge is -2.07. The second kappa shape index (κ2) is 7.00. The third-order valence-corrected chi connectivity index (χ3v) is 3.57. The Morgan fingerprint density at radius 1 is 1.19 bits per heavy atom. The van der Waals surface area contributed by atoms with E-state index in [0.717, 1.165) is 24.1 Å². The minimum atomic E-state index is -4.23. The highest BCUT2D eigenvalue weighted by atomic mass is 32.2. The minimum Gasteiger partial charge on any atom is -0.312 e. The van der Waals surface area contributed by atoms with Crippen LogP contribution in [-0.2, 0) is 20.0 Å². The smallest absolute Gasteiger partial charge is 0.312 e. The molecule has 0 unspecified atom stereocenters. The van der Waals surface area contributed by atoms with E-state index in [1.165, 1.54) is 12.1 Å². The summed E-state index contributed by atoms with van der Waals surface area (Å²) < 4.78 is 38.3. The predicted octanol–water partition coefficient (Wildman–Crippen LogP) is 3.36. The van der Waals surface area contributed by atoms with Crippen LogP contribution in [0.4, 0.5) is 13.2 Å². The summed E-state index contributed by atoms with van der Waals surface area (Å²) in [5, 5.41) is 7.35. The molecule has 0 bridgehead atoms. The van der Waals surface area contributed by atoms with Crippen LogP contribution in [0.5, 0.6) is 0 Å². The van der Waals surface area contributed by atoms with E-state index in [4.69, 9.17) is 0 Å². The van der Waals surface area contributed by atoms with Gasteiger partial charge in [-0.25, -0.2) is 0 Å². The molecule has 0 atom stereocenters. The highest BCUT2D eigenvalue weighted by molar-refractivity contribution is 8.00. The normalized spacial score (nSPS) is 11.8. The number of aryl methyl sites for hydroxylation is 1. The van der Waals surface area contributed by atoms with Crippen molar-refractivity contribution in [2.24, 2.45) is 7.05 Å². The molecule has 0 saturated carbocycles. The molecule has 0 aliphatic carbocycles. The first kappa shape index (κ1) is 15.9. The fourth-order valence-corrected chi connectivity index (χ4v) is 2.41. The molecule has 0 radical (unpaired) electrons. The van der Waals surface area contributed by atoms with Crippen LogP contribution in [0.25, 0.3) is 0 Å². The number of thioether (sulfide) groups is 1. The molecule has 0 aliphatic heterocycles. The molecule has 0 saturated heterocycles. The third-order valence-electron chi connectivity index (χ3n) is 2.83. The predicted molar refractivity (Wildman–Crippen MR) is 77.0 cm³/mol. The van der Waals surface area contributed by atoms with Gasteiger partial charge in [-0.3, -0.25) is 4.68 Å². The van der Waals surface area contributed by atoms with Crippen molar-refractivity contribution in [1.82, 2.24) is 15.1 Å². The molecule has 1 aromatic carbocycles. The average molecular weight is 315 g/mol. The van der Waals surface area contributed by atoms with E-state index < -0.39 is 5.51 Å². The standard InChI is InChI=1S/C14H16F3N3S/c1-20-10-12(9-19-20)6-7-18-8-11-2-4-13(5-3-11)21-14(15,16)17/h2-5,9-10,18H,6-8H2,1H3. The van der Waals surface area contributed by atoms with Crippen molar-refractivity contribution >= 4 is 11.8 Å². The number of hydrogen-bond acceptors (Lipinski definition) is 3. The van der Waals surface area contributed by atoms with E-state index in [1.54, 1.807) is 16.8 Å². The number of alkyl halides is 3. The zero-order chi connectivity index (χ0) is 15.3. The zero-order valence-electron chi connectivity index (χ0n) is 11.5. The van der Waals surface area contributed by atoms with Crippen molar-refractivity contribution in [3.05, 3.63) is 47.8 Å². The molecule has 1 N–H and O–H groups in total. The molecule has 21 heavy (non-hydrogen) atoms. The van der Waals surface area contributed by atoms with Crippen molar-refractivity contribution in [1.29, 1.82) is 0 Å². The Morgan fingerprint density at radius 2 is 1.90 bits per heavy atom. The first-order chi connectivity index (χ1) is 9.92. The van der Waals surface area contributed by atoms with Crippen LogP contribution < -0.4 is 5.32 Å². The second-order valence-corrected chi connectivity index (χ2v) is 5.78. The molecule has 0 amide bonds. The highest BCUT2D eigenvalue weighted by Crippen LogP contribution is 2.36. The average Bonchev–Trinajstić information content (AvgIpc) is 2.81. The summed E-state index contributed by atoms with van der Waals surface area (Å²) in [5.41, 5.74) is -2.11. The van der Waals surface area contributed by atoms with Crippen molar-refractivity contribution in [3.63, 3.8) is 0 Å². The Kier molecular flexibility index (Phi) is 5.30. The maximum Gasteiger partial charge on any atom is 0.446 e. The molecular weight excluding hydrogens is 299 g/mol.